The molecule has 0 amide bonds. The number of aliphatic carboxylic acids is 2. The second-order valence-electron chi connectivity index (χ2n) is 16.8. The monoisotopic (exact) mass is 638 g/mol. The van der Waals surface area contributed by atoms with Crippen LogP contribution in [0.4, 0.5) is 0 Å². The fourth-order valence-electron chi connectivity index (χ4n) is 12.4. The molecule has 8 heteroatoms. The molecule has 0 aromatic carbocycles. The highest BCUT2D eigenvalue weighted by Crippen LogP contribution is 2.77. The molecule has 7 unspecified atom stereocenters. The molecule has 46 heavy (non-hydrogen) atoms. The van der Waals surface area contributed by atoms with Crippen LogP contribution in [0.2, 0.25) is 0 Å². The van der Waals surface area contributed by atoms with Gasteiger partial charge in [0.15, 0.2) is 0 Å². The van der Waals surface area contributed by atoms with Crippen molar-refractivity contribution in [3.63, 3.8) is 0 Å². The van der Waals surface area contributed by atoms with Crippen LogP contribution in [0.3, 0.4) is 0 Å². The molecule has 254 valence electrons. The Bertz CT molecular complexity index is 1340. The number of carboxylic acid groups (broad SMARTS) is 2. The molecule has 0 aromatic heterocycles. The van der Waals surface area contributed by atoms with Crippen LogP contribution in [0.5, 0.6) is 0 Å². The molecule has 0 bridgehead atoms. The number of carbonyl (C=O) groups excluding carboxylic acids is 2. The third-order valence-electron chi connectivity index (χ3n) is 14.7. The molecule has 0 heterocycles. The molecule has 5 fully saturated rings. The molecule has 5 aliphatic carbocycles. The molecule has 0 saturated heterocycles. The lowest BCUT2D eigenvalue weighted by molar-refractivity contribution is -0.251. The van der Waals surface area contributed by atoms with Gasteiger partial charge in [0.1, 0.15) is 6.10 Å². The van der Waals surface area contributed by atoms with Gasteiger partial charge in [0.25, 0.3) is 0 Å². The van der Waals surface area contributed by atoms with E-state index in [1.165, 1.54) is 5.57 Å². The quantitative estimate of drug-likeness (QED) is 0.160. The molecule has 0 aromatic rings. The highest BCUT2D eigenvalue weighted by Gasteiger charge is 2.71. The van der Waals surface area contributed by atoms with Crippen LogP contribution in [0.1, 0.15) is 106 Å². The van der Waals surface area contributed by atoms with Crippen LogP contribution in [-0.2, 0) is 28.7 Å². The van der Waals surface area contributed by atoms with Crippen LogP contribution in [0.15, 0.2) is 36.5 Å². The third kappa shape index (κ3) is 5.45. The predicted octanol–water partition coefficient (Wildman–Crippen LogP) is 7.38. The summed E-state index contributed by atoms with van der Waals surface area (Å²) in [6.07, 6.45) is 13.7. The van der Waals surface area contributed by atoms with Crippen molar-refractivity contribution in [1.82, 2.24) is 0 Å². The summed E-state index contributed by atoms with van der Waals surface area (Å²) in [5, 5.41) is 17.9. The molecule has 8 nitrogen and oxygen atoms in total. The second-order valence-corrected chi connectivity index (χ2v) is 16.8. The van der Waals surface area contributed by atoms with E-state index in [4.69, 9.17) is 19.7 Å². The highest BCUT2D eigenvalue weighted by molar-refractivity contribution is 5.91. The summed E-state index contributed by atoms with van der Waals surface area (Å²) in [4.78, 5) is 46.9. The number of allylic oxidation sites excluding steroid dienone is 1. The van der Waals surface area contributed by atoms with Gasteiger partial charge in [0, 0.05) is 35.1 Å². The smallest absolute Gasteiger partial charge is 0.331 e. The van der Waals surface area contributed by atoms with Crippen molar-refractivity contribution in [3.8, 4) is 0 Å². The largest absolute Gasteiger partial charge is 0.478 e. The Hall–Kier alpha value is -2.90. The first-order valence-electron chi connectivity index (χ1n) is 17.3. The van der Waals surface area contributed by atoms with Gasteiger partial charge in [-0.05, 0) is 117 Å². The minimum absolute atomic E-state index is 0.0915. The SMILES string of the molecule is C=C(C)C1CCC2(COC(=O)/C=C/C(=O)O)CC[C@]3(C)C(CCC4[C@@]5(C)CCC(OC(=O)/C=C/C(=O)O)C(C)(C)C5CC[C@]43C)C12. The van der Waals surface area contributed by atoms with Crippen LogP contribution >= 0.6 is 0 Å². The summed E-state index contributed by atoms with van der Waals surface area (Å²) >= 11 is 0. The fourth-order valence-corrected chi connectivity index (χ4v) is 12.4. The molecule has 0 spiro atoms. The number of fused-ring (bicyclic) bond motifs is 7. The number of esters is 2. The van der Waals surface area contributed by atoms with E-state index < -0.39 is 23.9 Å². The Kier molecular flexibility index (Phi) is 8.96. The van der Waals surface area contributed by atoms with Crippen LogP contribution in [0.25, 0.3) is 0 Å². The molecule has 2 N–H and O–H groups in total. The van der Waals surface area contributed by atoms with Crippen molar-refractivity contribution >= 4 is 23.9 Å². The van der Waals surface area contributed by atoms with Crippen LogP contribution < -0.4 is 0 Å². The first-order chi connectivity index (χ1) is 21.4. The van der Waals surface area contributed by atoms with Crippen molar-refractivity contribution in [2.45, 2.75) is 112 Å². The van der Waals surface area contributed by atoms with Gasteiger partial charge in [-0.2, -0.15) is 0 Å². The minimum atomic E-state index is -1.16. The van der Waals surface area contributed by atoms with Gasteiger partial charge in [0.2, 0.25) is 0 Å². The predicted molar refractivity (Wildman–Crippen MR) is 173 cm³/mol. The summed E-state index contributed by atoms with van der Waals surface area (Å²) in [7, 11) is 0. The van der Waals surface area contributed by atoms with E-state index >= 15 is 0 Å². The van der Waals surface area contributed by atoms with E-state index in [-0.39, 0.29) is 33.2 Å². The maximum absolute atomic E-state index is 12.5. The van der Waals surface area contributed by atoms with E-state index in [1.54, 1.807) is 0 Å². The number of hydrogen-bond acceptors (Lipinski definition) is 6. The van der Waals surface area contributed by atoms with Gasteiger partial charge in [-0.15, -0.1) is 0 Å². The average Bonchev–Trinajstić information content (AvgIpc) is 3.36. The zero-order valence-corrected chi connectivity index (χ0v) is 28.6. The number of hydrogen-bond donors (Lipinski definition) is 2. The zero-order valence-electron chi connectivity index (χ0n) is 28.6. The molecule has 5 aliphatic rings. The van der Waals surface area contributed by atoms with Crippen molar-refractivity contribution < 1.29 is 38.9 Å². The zero-order chi connectivity index (χ0) is 33.9. The first-order valence-corrected chi connectivity index (χ1v) is 17.3. The maximum Gasteiger partial charge on any atom is 0.331 e. The normalized spacial score (nSPS) is 42.7. The third-order valence-corrected chi connectivity index (χ3v) is 14.7. The summed E-state index contributed by atoms with van der Waals surface area (Å²) in [5.74, 6) is -1.37. The van der Waals surface area contributed by atoms with Gasteiger partial charge in [-0.1, -0.05) is 46.8 Å². The van der Waals surface area contributed by atoms with Gasteiger partial charge in [-0.25, -0.2) is 19.2 Å². The average molecular weight is 639 g/mol. The lowest BCUT2D eigenvalue weighted by Crippen LogP contribution is -2.67. The van der Waals surface area contributed by atoms with Gasteiger partial charge in [-0.3, -0.25) is 0 Å². The van der Waals surface area contributed by atoms with E-state index in [0.29, 0.717) is 36.2 Å². The fraction of sp³-hybridized carbons (Fsp3) is 0.737. The van der Waals surface area contributed by atoms with E-state index in [9.17, 15) is 19.2 Å². The van der Waals surface area contributed by atoms with Crippen LogP contribution in [0, 0.1) is 56.7 Å². The number of carboxylic acids is 2. The summed E-state index contributed by atoms with van der Waals surface area (Å²) in [6, 6.07) is 0. The first kappa shape index (κ1) is 34.4. The number of rotatable bonds is 8. The molecule has 0 radical (unpaired) electrons. The van der Waals surface area contributed by atoms with E-state index in [2.05, 4.69) is 48.1 Å². The van der Waals surface area contributed by atoms with Gasteiger partial charge >= 0.3 is 23.9 Å². The van der Waals surface area contributed by atoms with Crippen LogP contribution in [-0.4, -0.2) is 46.8 Å². The summed E-state index contributed by atoms with van der Waals surface area (Å²) in [5.41, 5.74) is 1.18. The summed E-state index contributed by atoms with van der Waals surface area (Å²) in [6.45, 7) is 19.0. The lowest BCUT2D eigenvalue weighted by atomic mass is 9.32. The molecule has 0 aliphatic heterocycles. The molecule has 5 saturated carbocycles. The van der Waals surface area contributed by atoms with Crippen molar-refractivity contribution in [1.29, 1.82) is 0 Å². The Morgan fingerprint density at radius 3 is 2.02 bits per heavy atom. The molecular weight excluding hydrogens is 584 g/mol. The highest BCUT2D eigenvalue weighted by atomic mass is 16.5. The van der Waals surface area contributed by atoms with Crippen molar-refractivity contribution in [2.75, 3.05) is 6.61 Å². The minimum Gasteiger partial charge on any atom is -0.478 e. The van der Waals surface area contributed by atoms with Gasteiger partial charge in [0.05, 0.1) is 6.61 Å². The van der Waals surface area contributed by atoms with Crippen molar-refractivity contribution in [3.05, 3.63) is 36.5 Å². The topological polar surface area (TPSA) is 127 Å². The second kappa shape index (κ2) is 12.0. The Morgan fingerprint density at radius 2 is 1.39 bits per heavy atom. The van der Waals surface area contributed by atoms with Gasteiger partial charge < -0.3 is 19.7 Å². The Balaban J connectivity index is 1.41. The molecule has 5 rings (SSSR count). The standard InChI is InChI=1S/C38H54O8/c1-23(2)24-14-19-38(22-45-31(43)12-10-29(39)40)21-20-36(6)25(33(24)38)8-9-27-35(5)17-16-28(46-32(44)13-11-30(41)42)34(3,4)26(35)15-18-37(27,36)7/h10-13,24-28,33H,1,8-9,14-22H2,2-7H3,(H,39,40)(H,41,42)/b12-10+,13-11+/t24?,25?,26?,27?,28?,33?,35-,36+,37+,38?/m0/s1. The maximum atomic E-state index is 12.5. The number of carbonyl (C=O) groups is 4. The Morgan fingerprint density at radius 1 is 0.739 bits per heavy atom. The molecular formula is C38H54O8. The molecule has 10 atom stereocenters. The lowest BCUT2D eigenvalue weighted by Gasteiger charge is -2.73. The number of ether oxygens (including phenoxy) is 2. The summed E-state index contributed by atoms with van der Waals surface area (Å²) < 4.78 is 11.7. The van der Waals surface area contributed by atoms with E-state index in [0.717, 1.165) is 88.5 Å². The van der Waals surface area contributed by atoms with Crippen molar-refractivity contribution in [2.24, 2.45) is 56.7 Å². The van der Waals surface area contributed by atoms with E-state index in [1.807, 2.05) is 0 Å². The Labute approximate surface area is 274 Å².